The zero-order chi connectivity index (χ0) is 11.7. The van der Waals surface area contributed by atoms with Crippen LogP contribution in [-0.2, 0) is 14.6 Å². The van der Waals surface area contributed by atoms with Gasteiger partial charge in [0.2, 0.25) is 5.91 Å². The first kappa shape index (κ1) is 12.2. The molecule has 0 fully saturated rings. The fourth-order valence-electron chi connectivity index (χ4n) is 1.12. The standard InChI is InChI=1S/C9H16N2O3S/c1-9(2,6-10)8(12)11-7-3-4-15(13,14)5-7/h3-4,7H,5-6,10H2,1-2H3,(H,11,12). The van der Waals surface area contributed by atoms with E-state index in [1.54, 1.807) is 13.8 Å². The number of nitrogens with one attached hydrogen (secondary N) is 1. The Balaban J connectivity index is 2.59. The fraction of sp³-hybridized carbons (Fsp3) is 0.667. The molecule has 0 aliphatic carbocycles. The molecule has 1 rings (SSSR count). The molecule has 0 aromatic rings. The van der Waals surface area contributed by atoms with Crippen molar-refractivity contribution in [2.24, 2.45) is 11.1 Å². The van der Waals surface area contributed by atoms with Gasteiger partial charge in [-0.05, 0) is 19.9 Å². The summed E-state index contributed by atoms with van der Waals surface area (Å²) in [5.74, 6) is -0.281. The minimum absolute atomic E-state index is 0.0562. The summed E-state index contributed by atoms with van der Waals surface area (Å²) in [5.41, 5.74) is 4.77. The van der Waals surface area contributed by atoms with Crippen LogP contribution < -0.4 is 11.1 Å². The number of carbonyl (C=O) groups is 1. The molecule has 86 valence electrons. The zero-order valence-corrected chi connectivity index (χ0v) is 9.67. The number of amides is 1. The van der Waals surface area contributed by atoms with Gasteiger partial charge in [-0.3, -0.25) is 4.79 Å². The van der Waals surface area contributed by atoms with Crippen molar-refractivity contribution in [2.75, 3.05) is 12.3 Å². The minimum Gasteiger partial charge on any atom is -0.348 e. The van der Waals surface area contributed by atoms with E-state index in [9.17, 15) is 13.2 Å². The van der Waals surface area contributed by atoms with Crippen molar-refractivity contribution in [1.82, 2.24) is 5.32 Å². The van der Waals surface area contributed by atoms with Gasteiger partial charge in [-0.15, -0.1) is 0 Å². The van der Waals surface area contributed by atoms with Crippen molar-refractivity contribution in [1.29, 1.82) is 0 Å². The van der Waals surface area contributed by atoms with Gasteiger partial charge in [-0.2, -0.15) is 0 Å². The molecule has 0 spiro atoms. The molecule has 6 heteroatoms. The summed E-state index contributed by atoms with van der Waals surface area (Å²) in [5, 5.41) is 3.77. The second-order valence-corrected chi connectivity index (χ2v) is 6.26. The van der Waals surface area contributed by atoms with Crippen LogP contribution in [0.1, 0.15) is 13.8 Å². The Labute approximate surface area is 89.6 Å². The molecule has 0 bridgehead atoms. The Morgan fingerprint density at radius 1 is 1.60 bits per heavy atom. The first-order valence-corrected chi connectivity index (χ1v) is 6.40. The summed E-state index contributed by atoms with van der Waals surface area (Å²) in [4.78, 5) is 11.6. The monoisotopic (exact) mass is 232 g/mol. The molecule has 0 saturated carbocycles. The number of nitrogens with two attached hydrogens (primary N) is 1. The summed E-state index contributed by atoms with van der Waals surface area (Å²) in [6, 6.07) is -0.423. The molecule has 1 aliphatic heterocycles. The smallest absolute Gasteiger partial charge is 0.227 e. The lowest BCUT2D eigenvalue weighted by molar-refractivity contribution is -0.129. The van der Waals surface area contributed by atoms with E-state index in [1.807, 2.05) is 0 Å². The van der Waals surface area contributed by atoms with Crippen LogP contribution in [0.4, 0.5) is 0 Å². The Bertz CT molecular complexity index is 384. The molecule has 1 amide bonds. The van der Waals surface area contributed by atoms with Crippen LogP contribution in [-0.4, -0.2) is 32.7 Å². The highest BCUT2D eigenvalue weighted by Gasteiger charge is 2.30. The van der Waals surface area contributed by atoms with Gasteiger partial charge < -0.3 is 11.1 Å². The summed E-state index contributed by atoms with van der Waals surface area (Å²) in [7, 11) is -3.12. The second kappa shape index (κ2) is 3.94. The number of hydrogen-bond acceptors (Lipinski definition) is 4. The minimum atomic E-state index is -3.12. The summed E-state index contributed by atoms with van der Waals surface area (Å²) in [6.07, 6.45) is 1.49. The van der Waals surface area contributed by atoms with E-state index in [4.69, 9.17) is 5.73 Å². The van der Waals surface area contributed by atoms with Crippen molar-refractivity contribution < 1.29 is 13.2 Å². The molecule has 15 heavy (non-hydrogen) atoms. The Morgan fingerprint density at radius 3 is 2.60 bits per heavy atom. The van der Waals surface area contributed by atoms with Gasteiger partial charge in [0.25, 0.3) is 0 Å². The molecule has 1 unspecified atom stereocenters. The summed E-state index contributed by atoms with van der Waals surface area (Å²) >= 11 is 0. The van der Waals surface area contributed by atoms with Gasteiger partial charge in [0, 0.05) is 12.0 Å². The normalized spacial score (nSPS) is 24.1. The third-order valence-corrected chi connectivity index (χ3v) is 3.77. The number of hydrogen-bond donors (Lipinski definition) is 2. The van der Waals surface area contributed by atoms with Crippen LogP contribution in [0.3, 0.4) is 0 Å². The highest BCUT2D eigenvalue weighted by molar-refractivity contribution is 7.94. The third kappa shape index (κ3) is 3.04. The maximum Gasteiger partial charge on any atom is 0.227 e. The number of rotatable bonds is 3. The molecular weight excluding hydrogens is 216 g/mol. The zero-order valence-electron chi connectivity index (χ0n) is 8.86. The number of carbonyl (C=O) groups excluding carboxylic acids is 1. The van der Waals surface area contributed by atoms with Crippen molar-refractivity contribution >= 4 is 15.7 Å². The van der Waals surface area contributed by atoms with E-state index in [1.165, 1.54) is 6.08 Å². The van der Waals surface area contributed by atoms with Crippen LogP contribution in [0.5, 0.6) is 0 Å². The molecule has 5 nitrogen and oxygen atoms in total. The molecule has 0 aromatic carbocycles. The Kier molecular flexibility index (Phi) is 3.20. The molecule has 0 radical (unpaired) electrons. The molecule has 1 atom stereocenters. The first-order valence-electron chi connectivity index (χ1n) is 4.69. The average Bonchev–Trinajstić information content (AvgIpc) is 2.45. The predicted molar refractivity (Wildman–Crippen MR) is 57.7 cm³/mol. The van der Waals surface area contributed by atoms with Crippen LogP contribution in [0.15, 0.2) is 11.5 Å². The van der Waals surface area contributed by atoms with Gasteiger partial charge >= 0.3 is 0 Å². The van der Waals surface area contributed by atoms with Crippen LogP contribution >= 0.6 is 0 Å². The Hall–Kier alpha value is -0.880. The lowest BCUT2D eigenvalue weighted by Gasteiger charge is -2.23. The molecule has 3 N–H and O–H groups in total. The van der Waals surface area contributed by atoms with Crippen molar-refractivity contribution in [3.05, 3.63) is 11.5 Å². The van der Waals surface area contributed by atoms with Gasteiger partial charge in [-0.1, -0.05) is 0 Å². The number of sulfone groups is 1. The fourth-order valence-corrected chi connectivity index (χ4v) is 2.36. The van der Waals surface area contributed by atoms with E-state index in [0.29, 0.717) is 0 Å². The average molecular weight is 232 g/mol. The second-order valence-electron chi connectivity index (χ2n) is 4.33. The lowest BCUT2D eigenvalue weighted by atomic mass is 9.92. The van der Waals surface area contributed by atoms with Gasteiger partial charge in [0.05, 0.1) is 17.2 Å². The maximum absolute atomic E-state index is 11.6. The van der Waals surface area contributed by atoms with Crippen molar-refractivity contribution in [3.63, 3.8) is 0 Å². The quantitative estimate of drug-likeness (QED) is 0.680. The molecular formula is C9H16N2O3S. The van der Waals surface area contributed by atoms with E-state index < -0.39 is 21.3 Å². The van der Waals surface area contributed by atoms with Crippen LogP contribution in [0.25, 0.3) is 0 Å². The van der Waals surface area contributed by atoms with Crippen LogP contribution in [0.2, 0.25) is 0 Å². The topological polar surface area (TPSA) is 89.3 Å². The molecule has 1 aliphatic rings. The third-order valence-electron chi connectivity index (χ3n) is 2.37. The van der Waals surface area contributed by atoms with E-state index in [2.05, 4.69) is 5.32 Å². The SMILES string of the molecule is CC(C)(CN)C(=O)NC1C=CS(=O)(=O)C1. The maximum atomic E-state index is 11.6. The van der Waals surface area contributed by atoms with E-state index in [-0.39, 0.29) is 18.2 Å². The molecule has 0 saturated heterocycles. The van der Waals surface area contributed by atoms with Crippen molar-refractivity contribution in [2.45, 2.75) is 19.9 Å². The summed E-state index contributed by atoms with van der Waals surface area (Å²) < 4.78 is 22.2. The highest BCUT2D eigenvalue weighted by Crippen LogP contribution is 2.15. The van der Waals surface area contributed by atoms with Crippen LogP contribution in [0, 0.1) is 5.41 Å². The lowest BCUT2D eigenvalue weighted by Crippen LogP contribution is -2.46. The molecule has 1 heterocycles. The Morgan fingerprint density at radius 2 is 2.20 bits per heavy atom. The largest absolute Gasteiger partial charge is 0.348 e. The first-order chi connectivity index (χ1) is 6.77. The van der Waals surface area contributed by atoms with Crippen molar-refractivity contribution in [3.8, 4) is 0 Å². The van der Waals surface area contributed by atoms with Gasteiger partial charge in [0.1, 0.15) is 0 Å². The molecule has 0 aromatic heterocycles. The van der Waals surface area contributed by atoms with E-state index in [0.717, 1.165) is 5.41 Å². The summed E-state index contributed by atoms with van der Waals surface area (Å²) in [6.45, 7) is 3.66. The predicted octanol–water partition coefficient (Wildman–Crippen LogP) is -0.602. The van der Waals surface area contributed by atoms with Gasteiger partial charge in [-0.25, -0.2) is 8.42 Å². The van der Waals surface area contributed by atoms with E-state index >= 15 is 0 Å². The van der Waals surface area contributed by atoms with Gasteiger partial charge in [0.15, 0.2) is 9.84 Å². The highest BCUT2D eigenvalue weighted by atomic mass is 32.2.